The molecule has 0 saturated carbocycles. The van der Waals surface area contributed by atoms with Crippen molar-refractivity contribution in [2.24, 2.45) is 0 Å². The van der Waals surface area contributed by atoms with E-state index in [1.807, 2.05) is 17.0 Å². The zero-order chi connectivity index (χ0) is 20.4. The molecule has 29 heavy (non-hydrogen) atoms. The number of hydrogen-bond acceptors (Lipinski definition) is 5. The number of ether oxygens (including phenoxy) is 1. The van der Waals surface area contributed by atoms with Gasteiger partial charge in [-0.2, -0.15) is 0 Å². The van der Waals surface area contributed by atoms with Crippen LogP contribution in [-0.2, 0) is 17.8 Å². The number of rotatable bonds is 4. The zero-order valence-electron chi connectivity index (χ0n) is 17.1. The molecule has 1 fully saturated rings. The average molecular weight is 397 g/mol. The highest BCUT2D eigenvalue weighted by Gasteiger charge is 2.26. The lowest BCUT2D eigenvalue weighted by Crippen LogP contribution is -2.33. The van der Waals surface area contributed by atoms with Crippen molar-refractivity contribution in [1.29, 1.82) is 0 Å². The first-order valence-electron chi connectivity index (χ1n) is 10.3. The molecular formula is C22H27N3O4. The quantitative estimate of drug-likeness (QED) is 0.793. The van der Waals surface area contributed by atoms with Gasteiger partial charge in [-0.25, -0.2) is 0 Å². The maximum absolute atomic E-state index is 13.0. The Hall–Kier alpha value is -2.83. The molecule has 0 unspecified atom stereocenters. The summed E-state index contributed by atoms with van der Waals surface area (Å²) in [4.78, 5) is 29.1. The predicted molar refractivity (Wildman–Crippen MR) is 107 cm³/mol. The summed E-state index contributed by atoms with van der Waals surface area (Å²) in [6.07, 6.45) is 3.43. The number of likely N-dealkylation sites (tertiary alicyclic amines) is 1. The van der Waals surface area contributed by atoms with E-state index in [9.17, 15) is 9.59 Å². The average Bonchev–Trinajstić information content (AvgIpc) is 3.30. The Morgan fingerprint density at radius 1 is 1.10 bits per heavy atom. The number of benzene rings is 1. The van der Waals surface area contributed by atoms with Crippen LogP contribution >= 0.6 is 0 Å². The van der Waals surface area contributed by atoms with Crippen molar-refractivity contribution in [1.82, 2.24) is 15.0 Å². The predicted octanol–water partition coefficient (Wildman–Crippen LogP) is 2.88. The number of fused-ring (bicyclic) bond motifs is 1. The number of aromatic nitrogens is 1. The normalized spacial score (nSPS) is 16.3. The molecule has 0 bridgehead atoms. The van der Waals surface area contributed by atoms with Gasteiger partial charge in [0.1, 0.15) is 23.7 Å². The molecule has 2 amide bonds. The molecule has 1 aromatic heterocycles. The van der Waals surface area contributed by atoms with Crippen molar-refractivity contribution in [2.45, 2.75) is 46.1 Å². The van der Waals surface area contributed by atoms with Gasteiger partial charge >= 0.3 is 0 Å². The van der Waals surface area contributed by atoms with Crippen molar-refractivity contribution in [2.75, 3.05) is 26.2 Å². The third-order valence-electron chi connectivity index (χ3n) is 5.73. The fraction of sp³-hybridized carbons (Fsp3) is 0.500. The van der Waals surface area contributed by atoms with Gasteiger partial charge in [0, 0.05) is 31.6 Å². The summed E-state index contributed by atoms with van der Waals surface area (Å²) in [7, 11) is 0. The van der Waals surface area contributed by atoms with E-state index in [0.29, 0.717) is 49.6 Å². The molecule has 1 aromatic carbocycles. The Balaban J connectivity index is 1.47. The van der Waals surface area contributed by atoms with Gasteiger partial charge in [0.2, 0.25) is 5.91 Å². The topological polar surface area (TPSA) is 75.9 Å². The number of nitrogens with zero attached hydrogens (tertiary/aromatic N) is 3. The molecule has 0 radical (unpaired) electrons. The van der Waals surface area contributed by atoms with E-state index in [1.165, 1.54) is 0 Å². The number of amides is 2. The summed E-state index contributed by atoms with van der Waals surface area (Å²) in [6, 6.07) is 6.03. The van der Waals surface area contributed by atoms with E-state index < -0.39 is 0 Å². The van der Waals surface area contributed by atoms with Gasteiger partial charge in [-0.1, -0.05) is 17.3 Å². The summed E-state index contributed by atoms with van der Waals surface area (Å²) in [5.41, 5.74) is 3.19. The molecule has 4 rings (SSSR count). The first kappa shape index (κ1) is 19.5. The number of carbonyl (C=O) groups excluding carboxylic acids is 2. The second-order valence-electron chi connectivity index (χ2n) is 7.80. The van der Waals surface area contributed by atoms with E-state index in [4.69, 9.17) is 9.26 Å². The van der Waals surface area contributed by atoms with Crippen LogP contribution in [-0.4, -0.2) is 53.0 Å². The molecular weight excluding hydrogens is 370 g/mol. The van der Waals surface area contributed by atoms with Crippen molar-refractivity contribution in [3.05, 3.63) is 46.3 Å². The minimum atomic E-state index is -0.0904. The third kappa shape index (κ3) is 4.13. The number of aryl methyl sites for hydroxylation is 3. The fourth-order valence-electron chi connectivity index (χ4n) is 4.10. The molecule has 3 heterocycles. The molecule has 0 atom stereocenters. The number of carbonyl (C=O) groups is 2. The Labute approximate surface area is 170 Å². The second-order valence-corrected chi connectivity index (χ2v) is 7.80. The molecule has 154 valence electrons. The van der Waals surface area contributed by atoms with Crippen LogP contribution < -0.4 is 4.74 Å². The third-order valence-corrected chi connectivity index (χ3v) is 5.73. The molecule has 0 N–H and O–H groups in total. The molecule has 2 aromatic rings. The Morgan fingerprint density at radius 2 is 1.90 bits per heavy atom. The fourth-order valence-corrected chi connectivity index (χ4v) is 4.10. The summed E-state index contributed by atoms with van der Waals surface area (Å²) in [5, 5.41) is 3.90. The SMILES string of the molecule is Cc1noc(C)c1C(=O)N1CCOc2ccc(CCC(=O)N3CCCC3)cc2C1. The summed E-state index contributed by atoms with van der Waals surface area (Å²) < 4.78 is 11.0. The van der Waals surface area contributed by atoms with Crippen molar-refractivity contribution in [3.63, 3.8) is 0 Å². The largest absolute Gasteiger partial charge is 0.491 e. The van der Waals surface area contributed by atoms with Crippen LogP contribution in [0.15, 0.2) is 22.7 Å². The molecule has 0 spiro atoms. The van der Waals surface area contributed by atoms with E-state index in [-0.39, 0.29) is 11.8 Å². The van der Waals surface area contributed by atoms with Crippen LogP contribution in [0.3, 0.4) is 0 Å². The lowest BCUT2D eigenvalue weighted by atomic mass is 10.0. The Bertz CT molecular complexity index is 895. The standard InChI is InChI=1S/C22H27N3O4/c1-15-21(16(2)29-23-15)22(27)25-11-12-28-19-7-5-17(13-18(19)14-25)6-8-20(26)24-9-3-4-10-24/h5,7,13H,3-4,6,8-12,14H2,1-2H3. The van der Waals surface area contributed by atoms with Crippen molar-refractivity contribution >= 4 is 11.8 Å². The van der Waals surface area contributed by atoms with Crippen molar-refractivity contribution < 1.29 is 18.8 Å². The van der Waals surface area contributed by atoms with Crippen LogP contribution in [0, 0.1) is 13.8 Å². The van der Waals surface area contributed by atoms with Gasteiger partial charge in [0.15, 0.2) is 0 Å². The highest BCUT2D eigenvalue weighted by molar-refractivity contribution is 5.96. The van der Waals surface area contributed by atoms with E-state index >= 15 is 0 Å². The lowest BCUT2D eigenvalue weighted by molar-refractivity contribution is -0.130. The van der Waals surface area contributed by atoms with E-state index in [0.717, 1.165) is 42.8 Å². The van der Waals surface area contributed by atoms with Crippen LogP contribution in [0.4, 0.5) is 0 Å². The Kier molecular flexibility index (Phi) is 5.56. The van der Waals surface area contributed by atoms with Crippen molar-refractivity contribution in [3.8, 4) is 5.75 Å². The highest BCUT2D eigenvalue weighted by Crippen LogP contribution is 2.27. The molecule has 2 aliphatic rings. The Morgan fingerprint density at radius 3 is 2.62 bits per heavy atom. The van der Waals surface area contributed by atoms with Crippen LogP contribution in [0.5, 0.6) is 5.75 Å². The van der Waals surface area contributed by atoms with E-state index in [1.54, 1.807) is 18.7 Å². The second kappa shape index (κ2) is 8.27. The van der Waals surface area contributed by atoms with Gasteiger partial charge in [-0.15, -0.1) is 0 Å². The van der Waals surface area contributed by atoms with Gasteiger partial charge in [-0.3, -0.25) is 9.59 Å². The monoisotopic (exact) mass is 397 g/mol. The minimum absolute atomic E-state index is 0.0904. The first-order chi connectivity index (χ1) is 14.0. The lowest BCUT2D eigenvalue weighted by Gasteiger charge is -2.20. The van der Waals surface area contributed by atoms with Gasteiger partial charge in [-0.05, 0) is 44.7 Å². The van der Waals surface area contributed by atoms with Crippen LogP contribution in [0.25, 0.3) is 0 Å². The number of hydrogen-bond donors (Lipinski definition) is 0. The summed E-state index contributed by atoms with van der Waals surface area (Å²) in [6.45, 7) is 6.71. The molecule has 2 aliphatic heterocycles. The van der Waals surface area contributed by atoms with Crippen LogP contribution in [0.1, 0.15) is 52.2 Å². The molecule has 7 heteroatoms. The molecule has 1 saturated heterocycles. The van der Waals surface area contributed by atoms with Gasteiger partial charge < -0.3 is 19.1 Å². The van der Waals surface area contributed by atoms with Gasteiger partial charge in [0.25, 0.3) is 5.91 Å². The maximum Gasteiger partial charge on any atom is 0.259 e. The smallest absolute Gasteiger partial charge is 0.259 e. The maximum atomic E-state index is 13.0. The molecule has 7 nitrogen and oxygen atoms in total. The summed E-state index contributed by atoms with van der Waals surface area (Å²) >= 11 is 0. The minimum Gasteiger partial charge on any atom is -0.491 e. The first-order valence-corrected chi connectivity index (χ1v) is 10.3. The zero-order valence-corrected chi connectivity index (χ0v) is 17.1. The molecule has 0 aliphatic carbocycles. The highest BCUT2D eigenvalue weighted by atomic mass is 16.5. The van der Waals surface area contributed by atoms with Gasteiger partial charge in [0.05, 0.1) is 12.2 Å². The van der Waals surface area contributed by atoms with E-state index in [2.05, 4.69) is 11.2 Å². The summed E-state index contributed by atoms with van der Waals surface area (Å²) in [5.74, 6) is 1.47. The van der Waals surface area contributed by atoms with Crippen LogP contribution in [0.2, 0.25) is 0 Å².